The van der Waals surface area contributed by atoms with E-state index in [4.69, 9.17) is 4.74 Å². The molecule has 0 aliphatic rings. The number of ether oxygens (including phenoxy) is 1. The summed E-state index contributed by atoms with van der Waals surface area (Å²) in [5.41, 5.74) is 4.23. The van der Waals surface area contributed by atoms with E-state index in [2.05, 4.69) is 22.5 Å². The fourth-order valence-corrected chi connectivity index (χ4v) is 2.17. The van der Waals surface area contributed by atoms with Gasteiger partial charge in [0.1, 0.15) is 5.75 Å². The number of hydrogen-bond donors (Lipinski definition) is 2. The van der Waals surface area contributed by atoms with E-state index < -0.39 is 0 Å². The Morgan fingerprint density at radius 1 is 0.926 bits per heavy atom. The molecular formula is C22H31N3O2. The van der Waals surface area contributed by atoms with Crippen LogP contribution in [0.15, 0.2) is 73.1 Å². The zero-order valence-corrected chi connectivity index (χ0v) is 15.9. The van der Waals surface area contributed by atoms with Gasteiger partial charge in [0.2, 0.25) is 0 Å². The zero-order chi connectivity index (χ0) is 19.5. The van der Waals surface area contributed by atoms with Crippen LogP contribution >= 0.6 is 0 Å². The summed E-state index contributed by atoms with van der Waals surface area (Å²) in [7, 11) is 1.67. The summed E-state index contributed by atoms with van der Waals surface area (Å²) in [5, 5.41) is 5.56. The summed E-state index contributed by atoms with van der Waals surface area (Å²) in [6.07, 6.45) is 3.41. The van der Waals surface area contributed by atoms with Crippen molar-refractivity contribution in [1.29, 1.82) is 0 Å². The van der Waals surface area contributed by atoms with Gasteiger partial charge in [-0.3, -0.25) is 4.98 Å². The zero-order valence-electron chi connectivity index (χ0n) is 15.9. The van der Waals surface area contributed by atoms with Gasteiger partial charge in [-0.25, -0.2) is 4.79 Å². The third kappa shape index (κ3) is 7.61. The number of nitrogens with zero attached hydrogens (tertiary/aromatic N) is 1. The van der Waals surface area contributed by atoms with Gasteiger partial charge >= 0.3 is 6.03 Å². The van der Waals surface area contributed by atoms with Crippen molar-refractivity contribution >= 4 is 11.7 Å². The van der Waals surface area contributed by atoms with E-state index in [1.807, 2.05) is 67.6 Å². The molecule has 5 heteroatoms. The lowest BCUT2D eigenvalue weighted by atomic mass is 10.2. The van der Waals surface area contributed by atoms with Gasteiger partial charge in [0.15, 0.2) is 0 Å². The minimum atomic E-state index is -0.212. The van der Waals surface area contributed by atoms with Gasteiger partial charge < -0.3 is 15.4 Å². The number of nitrogens with one attached hydrogen (secondary N) is 2. The molecule has 0 saturated carbocycles. The third-order valence-electron chi connectivity index (χ3n) is 3.77. The molecule has 0 aliphatic heterocycles. The average molecular weight is 370 g/mol. The largest absolute Gasteiger partial charge is 0.497 e. The van der Waals surface area contributed by atoms with Crippen LogP contribution in [0.4, 0.5) is 10.5 Å². The number of urea groups is 1. The van der Waals surface area contributed by atoms with E-state index in [1.54, 1.807) is 19.5 Å². The van der Waals surface area contributed by atoms with Crippen molar-refractivity contribution in [3.05, 3.63) is 89.7 Å². The van der Waals surface area contributed by atoms with Crippen LogP contribution < -0.4 is 15.4 Å². The number of anilines is 1. The Labute approximate surface area is 164 Å². The van der Waals surface area contributed by atoms with Gasteiger partial charge in [-0.2, -0.15) is 0 Å². The van der Waals surface area contributed by atoms with E-state index in [-0.39, 0.29) is 10.3 Å². The topological polar surface area (TPSA) is 63.2 Å². The Hall–Kier alpha value is -3.34. The van der Waals surface area contributed by atoms with Crippen molar-refractivity contribution in [2.45, 2.75) is 20.4 Å². The third-order valence-corrected chi connectivity index (χ3v) is 3.77. The Morgan fingerprint density at radius 2 is 1.48 bits per heavy atom. The Bertz CT molecular complexity index is 831. The van der Waals surface area contributed by atoms with E-state index >= 15 is 0 Å². The second kappa shape index (κ2) is 10.6. The van der Waals surface area contributed by atoms with Crippen LogP contribution in [0.25, 0.3) is 0 Å². The maximum Gasteiger partial charge on any atom is 0.319 e. The minimum Gasteiger partial charge on any atom is -0.497 e. The van der Waals surface area contributed by atoms with Gasteiger partial charge in [0, 0.05) is 28.9 Å². The molecule has 146 valence electrons. The molecule has 0 unspecified atom stereocenters. The number of benzene rings is 2. The van der Waals surface area contributed by atoms with Crippen molar-refractivity contribution < 1.29 is 13.8 Å². The molecule has 1 heterocycles. The first kappa shape index (κ1) is 20.0. The van der Waals surface area contributed by atoms with E-state index in [9.17, 15) is 4.79 Å². The number of amides is 2. The number of aromatic nitrogens is 1. The first-order valence-electron chi connectivity index (χ1n) is 8.68. The molecule has 0 bridgehead atoms. The number of pyridine rings is 1. The summed E-state index contributed by atoms with van der Waals surface area (Å²) in [6, 6.07) is 19.1. The van der Waals surface area contributed by atoms with Gasteiger partial charge in [0.05, 0.1) is 7.11 Å². The van der Waals surface area contributed by atoms with Crippen LogP contribution in [0.5, 0.6) is 5.75 Å². The quantitative estimate of drug-likeness (QED) is 0.642. The molecule has 0 atom stereocenters. The second-order valence-electron chi connectivity index (χ2n) is 6.05. The summed E-state index contributed by atoms with van der Waals surface area (Å²) in [6.45, 7) is 4.55. The number of rotatable bonds is 4. The second-order valence-corrected chi connectivity index (χ2v) is 6.05. The van der Waals surface area contributed by atoms with Crippen LogP contribution in [-0.2, 0) is 6.54 Å². The number of carbonyl (C=O) groups excluding carboxylic acids is 1. The number of methoxy groups -OCH3 is 1. The first-order chi connectivity index (χ1) is 13.1. The van der Waals surface area contributed by atoms with Crippen LogP contribution in [0.2, 0.25) is 0 Å². The highest BCUT2D eigenvalue weighted by Crippen LogP contribution is 2.09. The van der Waals surface area contributed by atoms with Crippen molar-refractivity contribution in [3.8, 4) is 5.75 Å². The Morgan fingerprint density at radius 3 is 2.04 bits per heavy atom. The standard InChI is InChI=1S/C14H15N3O.C8H10O.3H2/c1-11-2-4-13(5-3-11)17-14(18)16-10-12-6-8-15-9-7-12;1-7-3-5-8(9-2)6-4-7;;;/h2-9H,10H2,1H3,(H2,16,17,18);3-6H,1-2H3;3*1H. The molecule has 3 aromatic rings. The van der Waals surface area contributed by atoms with Crippen molar-refractivity contribution in [3.63, 3.8) is 0 Å². The van der Waals surface area contributed by atoms with Crippen molar-refractivity contribution in [1.82, 2.24) is 10.3 Å². The number of carbonyl (C=O) groups is 1. The lowest BCUT2D eigenvalue weighted by Crippen LogP contribution is -2.28. The smallest absolute Gasteiger partial charge is 0.319 e. The molecule has 3 rings (SSSR count). The summed E-state index contributed by atoms with van der Waals surface area (Å²) in [5.74, 6) is 0.917. The monoisotopic (exact) mass is 369 g/mol. The normalized spacial score (nSPS) is 9.59. The lowest BCUT2D eigenvalue weighted by molar-refractivity contribution is 0.251. The molecule has 2 amide bonds. The van der Waals surface area contributed by atoms with Crippen LogP contribution in [0.3, 0.4) is 0 Å². The molecule has 5 nitrogen and oxygen atoms in total. The average Bonchev–Trinajstić information content (AvgIpc) is 2.70. The number of aryl methyl sites for hydroxylation is 2. The molecule has 1 aromatic heterocycles. The van der Waals surface area contributed by atoms with Crippen LogP contribution in [-0.4, -0.2) is 18.1 Å². The summed E-state index contributed by atoms with van der Waals surface area (Å²) >= 11 is 0. The van der Waals surface area contributed by atoms with Crippen molar-refractivity contribution in [2.75, 3.05) is 12.4 Å². The molecule has 0 radical (unpaired) electrons. The molecule has 0 saturated heterocycles. The highest BCUT2D eigenvalue weighted by Gasteiger charge is 2.01. The SMILES string of the molecule is COc1ccc(C)cc1.Cc1ccc(NC(=O)NCc2ccncc2)cc1.[HH].[HH].[HH]. The minimum absolute atomic E-state index is 0. The molecule has 2 N–H and O–H groups in total. The van der Waals surface area contributed by atoms with Crippen LogP contribution in [0, 0.1) is 13.8 Å². The fourth-order valence-electron chi connectivity index (χ4n) is 2.17. The molecule has 2 aromatic carbocycles. The Kier molecular flexibility index (Phi) is 7.85. The maximum absolute atomic E-state index is 11.6. The molecule has 0 aliphatic carbocycles. The highest BCUT2D eigenvalue weighted by molar-refractivity contribution is 5.89. The highest BCUT2D eigenvalue weighted by atomic mass is 16.5. The number of hydrogen-bond acceptors (Lipinski definition) is 3. The molecule has 0 spiro atoms. The van der Waals surface area contributed by atoms with Gasteiger partial charge in [-0.1, -0.05) is 35.4 Å². The first-order valence-corrected chi connectivity index (χ1v) is 8.68. The van der Waals surface area contributed by atoms with Crippen molar-refractivity contribution in [2.24, 2.45) is 0 Å². The van der Waals surface area contributed by atoms with Gasteiger partial charge in [-0.05, 0) is 55.8 Å². The van der Waals surface area contributed by atoms with Crippen LogP contribution in [0.1, 0.15) is 21.0 Å². The Balaban J connectivity index is 0. The molecular weight excluding hydrogens is 338 g/mol. The fraction of sp³-hybridized carbons (Fsp3) is 0.182. The van der Waals surface area contributed by atoms with Gasteiger partial charge in [0.25, 0.3) is 0 Å². The maximum atomic E-state index is 11.6. The predicted molar refractivity (Wildman–Crippen MR) is 115 cm³/mol. The predicted octanol–water partition coefficient (Wildman–Crippen LogP) is 5.45. The van der Waals surface area contributed by atoms with E-state index in [0.29, 0.717) is 6.54 Å². The molecule has 0 fully saturated rings. The van der Waals surface area contributed by atoms with Gasteiger partial charge in [-0.15, -0.1) is 0 Å². The summed E-state index contributed by atoms with van der Waals surface area (Å²) < 4.78 is 4.97. The lowest BCUT2D eigenvalue weighted by Gasteiger charge is -2.07. The van der Waals surface area contributed by atoms with E-state index in [1.165, 1.54) is 5.56 Å². The van der Waals surface area contributed by atoms with E-state index in [0.717, 1.165) is 22.6 Å². The summed E-state index contributed by atoms with van der Waals surface area (Å²) in [4.78, 5) is 15.6. The molecule has 27 heavy (non-hydrogen) atoms.